The van der Waals surface area contributed by atoms with Crippen molar-refractivity contribution in [3.8, 4) is 5.69 Å². The lowest BCUT2D eigenvalue weighted by molar-refractivity contribution is 0.0848. The summed E-state index contributed by atoms with van der Waals surface area (Å²) in [7, 11) is 0. The standard InChI is InChI=1S/C21H21ClN4O2S/c1-13-18(19(22)26(25-13)15-9-5-3-6-10-15)21(28)24-23-20(27)17-12-14-8-4-2-7-11-16(14)29-17/h3,5-6,9-10,12H,2,4,7-8,11H2,1H3,(H,23,27)(H,24,28). The zero-order valence-corrected chi connectivity index (χ0v) is 17.6. The van der Waals surface area contributed by atoms with Gasteiger partial charge in [0.15, 0.2) is 0 Å². The Bertz CT molecular complexity index is 1030. The molecule has 29 heavy (non-hydrogen) atoms. The molecule has 2 amide bonds. The van der Waals surface area contributed by atoms with E-state index in [4.69, 9.17) is 11.6 Å². The summed E-state index contributed by atoms with van der Waals surface area (Å²) in [6.45, 7) is 1.71. The van der Waals surface area contributed by atoms with Gasteiger partial charge in [0.05, 0.1) is 16.3 Å². The van der Waals surface area contributed by atoms with E-state index in [9.17, 15) is 9.59 Å². The number of carbonyl (C=O) groups is 2. The van der Waals surface area contributed by atoms with Gasteiger partial charge >= 0.3 is 0 Å². The van der Waals surface area contributed by atoms with Crippen LogP contribution in [0.5, 0.6) is 0 Å². The first-order valence-corrected chi connectivity index (χ1v) is 10.8. The predicted molar refractivity (Wildman–Crippen MR) is 114 cm³/mol. The van der Waals surface area contributed by atoms with Crippen molar-refractivity contribution in [3.63, 3.8) is 0 Å². The molecule has 2 N–H and O–H groups in total. The third-order valence-corrected chi connectivity index (χ3v) is 6.58. The average molecular weight is 429 g/mol. The second-order valence-electron chi connectivity index (χ2n) is 7.03. The van der Waals surface area contributed by atoms with Crippen molar-refractivity contribution < 1.29 is 9.59 Å². The highest BCUT2D eigenvalue weighted by molar-refractivity contribution is 7.14. The Balaban J connectivity index is 1.46. The fourth-order valence-electron chi connectivity index (χ4n) is 3.51. The number of hydrogen-bond acceptors (Lipinski definition) is 4. The van der Waals surface area contributed by atoms with Crippen LogP contribution in [0, 0.1) is 6.92 Å². The molecule has 3 aromatic rings. The minimum Gasteiger partial charge on any atom is -0.267 e. The molecule has 0 unspecified atom stereocenters. The van der Waals surface area contributed by atoms with Crippen LogP contribution in [0.2, 0.25) is 5.15 Å². The van der Waals surface area contributed by atoms with Crippen LogP contribution in [0.1, 0.15) is 55.4 Å². The number of aromatic nitrogens is 2. The minimum atomic E-state index is -0.499. The molecule has 0 aliphatic heterocycles. The van der Waals surface area contributed by atoms with Gasteiger partial charge in [0.25, 0.3) is 11.8 Å². The van der Waals surface area contributed by atoms with E-state index in [0.29, 0.717) is 10.6 Å². The lowest BCUT2D eigenvalue weighted by Crippen LogP contribution is -2.41. The Hall–Kier alpha value is -2.64. The molecule has 1 aromatic carbocycles. The number of amides is 2. The van der Waals surface area contributed by atoms with Crippen LogP contribution >= 0.6 is 22.9 Å². The third kappa shape index (κ3) is 4.06. The highest BCUT2D eigenvalue weighted by Crippen LogP contribution is 2.29. The lowest BCUT2D eigenvalue weighted by atomic mass is 10.1. The molecule has 4 rings (SSSR count). The summed E-state index contributed by atoms with van der Waals surface area (Å²) < 4.78 is 1.50. The first-order valence-electron chi connectivity index (χ1n) is 9.57. The number of hydrazine groups is 1. The predicted octanol–water partition coefficient (Wildman–Crippen LogP) is 4.24. The number of fused-ring (bicyclic) bond motifs is 1. The monoisotopic (exact) mass is 428 g/mol. The van der Waals surface area contributed by atoms with E-state index >= 15 is 0 Å². The van der Waals surface area contributed by atoms with E-state index in [1.54, 1.807) is 6.92 Å². The van der Waals surface area contributed by atoms with Crippen molar-refractivity contribution >= 4 is 34.8 Å². The SMILES string of the molecule is Cc1nn(-c2ccccc2)c(Cl)c1C(=O)NNC(=O)c1cc2c(s1)CCCCC2. The number of hydrogen-bond donors (Lipinski definition) is 2. The Kier molecular flexibility index (Phi) is 5.69. The molecule has 8 heteroatoms. The van der Waals surface area contributed by atoms with Gasteiger partial charge in [0.2, 0.25) is 0 Å². The number of nitrogens with zero attached hydrogens (tertiary/aromatic N) is 2. The normalized spacial score (nSPS) is 13.4. The zero-order chi connectivity index (χ0) is 20.4. The second kappa shape index (κ2) is 8.39. The van der Waals surface area contributed by atoms with Gasteiger partial charge < -0.3 is 0 Å². The molecule has 1 aliphatic carbocycles. The van der Waals surface area contributed by atoms with E-state index in [1.807, 2.05) is 36.4 Å². The lowest BCUT2D eigenvalue weighted by Gasteiger charge is -2.06. The summed E-state index contributed by atoms with van der Waals surface area (Å²) in [6, 6.07) is 11.3. The van der Waals surface area contributed by atoms with Gasteiger partial charge in [-0.25, -0.2) is 4.68 Å². The number of carbonyl (C=O) groups excluding carboxylic acids is 2. The van der Waals surface area contributed by atoms with E-state index < -0.39 is 5.91 Å². The Labute approximate surface area is 177 Å². The number of para-hydroxylation sites is 1. The van der Waals surface area contributed by atoms with E-state index in [-0.39, 0.29) is 16.6 Å². The smallest absolute Gasteiger partial charge is 0.267 e. The summed E-state index contributed by atoms with van der Waals surface area (Å²) in [5, 5.41) is 4.55. The maximum absolute atomic E-state index is 12.6. The first kappa shape index (κ1) is 19.7. The van der Waals surface area contributed by atoms with E-state index in [2.05, 4.69) is 16.0 Å². The molecule has 0 atom stereocenters. The van der Waals surface area contributed by atoms with Crippen LogP contribution in [0.25, 0.3) is 5.69 Å². The van der Waals surface area contributed by atoms with Crippen molar-refractivity contribution in [1.82, 2.24) is 20.6 Å². The quantitative estimate of drug-likeness (QED) is 0.484. The van der Waals surface area contributed by atoms with Crippen LogP contribution in [-0.4, -0.2) is 21.6 Å². The molecule has 2 heterocycles. The van der Waals surface area contributed by atoms with Gasteiger partial charge in [0, 0.05) is 4.88 Å². The van der Waals surface area contributed by atoms with Gasteiger partial charge in [-0.3, -0.25) is 20.4 Å². The Morgan fingerprint density at radius 3 is 2.59 bits per heavy atom. The van der Waals surface area contributed by atoms with Crippen LogP contribution in [-0.2, 0) is 12.8 Å². The van der Waals surface area contributed by atoms with Crippen molar-refractivity contribution in [3.05, 3.63) is 68.1 Å². The summed E-state index contributed by atoms with van der Waals surface area (Å²) in [5.41, 5.74) is 7.69. The fraction of sp³-hybridized carbons (Fsp3) is 0.286. The highest BCUT2D eigenvalue weighted by atomic mass is 35.5. The summed E-state index contributed by atoms with van der Waals surface area (Å²) in [5.74, 6) is -0.818. The highest BCUT2D eigenvalue weighted by Gasteiger charge is 2.22. The van der Waals surface area contributed by atoms with Gasteiger partial charge in [0.1, 0.15) is 10.7 Å². The minimum absolute atomic E-state index is 0.197. The van der Waals surface area contributed by atoms with Crippen LogP contribution in [0.3, 0.4) is 0 Å². The van der Waals surface area contributed by atoms with Gasteiger partial charge in [-0.05, 0) is 56.4 Å². The summed E-state index contributed by atoms with van der Waals surface area (Å²) in [4.78, 5) is 27.0. The number of aryl methyl sites for hydroxylation is 3. The summed E-state index contributed by atoms with van der Waals surface area (Å²) >= 11 is 7.91. The molecule has 2 aromatic heterocycles. The maximum atomic E-state index is 12.6. The van der Waals surface area contributed by atoms with Gasteiger partial charge in [-0.15, -0.1) is 11.3 Å². The average Bonchev–Trinajstić information content (AvgIpc) is 3.18. The van der Waals surface area contributed by atoms with Crippen LogP contribution < -0.4 is 10.9 Å². The number of nitrogens with one attached hydrogen (secondary N) is 2. The van der Waals surface area contributed by atoms with Gasteiger partial charge in [-0.2, -0.15) is 5.10 Å². The maximum Gasteiger partial charge on any atom is 0.279 e. The van der Waals surface area contributed by atoms with Crippen molar-refractivity contribution in [2.45, 2.75) is 39.0 Å². The van der Waals surface area contributed by atoms with Crippen molar-refractivity contribution in [2.75, 3.05) is 0 Å². The largest absolute Gasteiger partial charge is 0.279 e. The molecule has 0 fully saturated rings. The molecule has 0 saturated heterocycles. The van der Waals surface area contributed by atoms with Crippen LogP contribution in [0.4, 0.5) is 0 Å². The van der Waals surface area contributed by atoms with Crippen LogP contribution in [0.15, 0.2) is 36.4 Å². The first-order chi connectivity index (χ1) is 14.0. The molecular weight excluding hydrogens is 408 g/mol. The number of rotatable bonds is 3. The molecule has 6 nitrogen and oxygen atoms in total. The van der Waals surface area contributed by atoms with Crippen molar-refractivity contribution in [1.29, 1.82) is 0 Å². The fourth-order valence-corrected chi connectivity index (χ4v) is 5.02. The molecule has 0 radical (unpaired) electrons. The molecular formula is C21H21ClN4O2S. The molecule has 1 aliphatic rings. The van der Waals surface area contributed by atoms with Gasteiger partial charge in [-0.1, -0.05) is 36.2 Å². The topological polar surface area (TPSA) is 76.0 Å². The second-order valence-corrected chi connectivity index (χ2v) is 8.52. The Morgan fingerprint density at radius 1 is 1.07 bits per heavy atom. The van der Waals surface area contributed by atoms with E-state index in [0.717, 1.165) is 31.4 Å². The molecule has 0 spiro atoms. The number of thiophene rings is 1. The summed E-state index contributed by atoms with van der Waals surface area (Å²) in [6.07, 6.45) is 5.58. The number of halogens is 1. The molecule has 0 saturated carbocycles. The third-order valence-electron chi connectivity index (χ3n) is 4.99. The zero-order valence-electron chi connectivity index (χ0n) is 16.0. The molecule has 0 bridgehead atoms. The number of benzene rings is 1. The van der Waals surface area contributed by atoms with Crippen molar-refractivity contribution in [2.24, 2.45) is 0 Å². The Morgan fingerprint density at radius 2 is 1.79 bits per heavy atom. The van der Waals surface area contributed by atoms with E-state index in [1.165, 1.54) is 32.9 Å². The molecule has 150 valence electrons.